The van der Waals surface area contributed by atoms with Crippen LogP contribution in [0.25, 0.3) is 0 Å². The van der Waals surface area contributed by atoms with Gasteiger partial charge in [0.1, 0.15) is 6.61 Å². The second-order valence-corrected chi connectivity index (χ2v) is 2.88. The summed E-state index contributed by atoms with van der Waals surface area (Å²) in [6, 6.07) is -0.422. The van der Waals surface area contributed by atoms with Crippen LogP contribution in [0, 0.1) is 0 Å². The number of aromatic amines is 1. The third-order valence-electron chi connectivity index (χ3n) is 1.55. The number of carbonyl (C=O) groups excluding carboxylic acids is 1. The van der Waals surface area contributed by atoms with Crippen molar-refractivity contribution in [1.29, 1.82) is 0 Å². The van der Waals surface area contributed by atoms with E-state index < -0.39 is 12.0 Å². The van der Waals surface area contributed by atoms with Gasteiger partial charge in [-0.05, 0) is 0 Å². The number of nitrogens with zero attached hydrogens (tertiary/aromatic N) is 3. The average Bonchev–Trinajstić information content (AvgIpc) is 2.78. The molecule has 10 heteroatoms. The van der Waals surface area contributed by atoms with Crippen LogP contribution in [0.15, 0.2) is 0 Å². The Morgan fingerprint density at radius 2 is 2.24 bits per heavy atom. The average molecular weight is 244 g/mol. The second-order valence-electron chi connectivity index (χ2n) is 2.88. The van der Waals surface area contributed by atoms with Crippen LogP contribution >= 0.6 is 0 Å². The Kier molecular flexibility index (Phi) is 5.37. The Bertz CT molecular complexity index is 353. The van der Waals surface area contributed by atoms with Crippen LogP contribution in [0.1, 0.15) is 5.82 Å². The lowest BCUT2D eigenvalue weighted by atomic mass is 10.6. The zero-order valence-electron chi connectivity index (χ0n) is 8.84. The number of urea groups is 1. The van der Waals surface area contributed by atoms with E-state index in [9.17, 15) is 9.59 Å². The standard InChI is InChI=1S/C7H12N6O4/c14-6(15)4-17-2-1-8-7(16)9-3-5-10-12-13-11-5/h1-4H2,(H,14,15)(H2,8,9,16)(H,10,11,12,13). The number of carboxylic acids is 1. The minimum Gasteiger partial charge on any atom is -0.480 e. The van der Waals surface area contributed by atoms with E-state index >= 15 is 0 Å². The number of rotatable bonds is 7. The summed E-state index contributed by atoms with van der Waals surface area (Å²) < 4.78 is 4.71. The maximum absolute atomic E-state index is 11.2. The molecule has 0 aromatic carbocycles. The Morgan fingerprint density at radius 3 is 2.88 bits per heavy atom. The number of nitrogens with one attached hydrogen (secondary N) is 3. The molecule has 2 amide bonds. The van der Waals surface area contributed by atoms with Gasteiger partial charge in [0, 0.05) is 6.54 Å². The first kappa shape index (κ1) is 12.8. The van der Waals surface area contributed by atoms with E-state index in [-0.39, 0.29) is 26.3 Å². The first-order valence-electron chi connectivity index (χ1n) is 4.72. The molecule has 0 atom stereocenters. The number of aromatic nitrogens is 4. The largest absolute Gasteiger partial charge is 0.480 e. The molecule has 0 radical (unpaired) electrons. The van der Waals surface area contributed by atoms with E-state index in [1.807, 2.05) is 0 Å². The van der Waals surface area contributed by atoms with Gasteiger partial charge in [-0.3, -0.25) is 0 Å². The van der Waals surface area contributed by atoms with Crippen molar-refractivity contribution < 1.29 is 19.4 Å². The Hall–Kier alpha value is -2.23. The van der Waals surface area contributed by atoms with Gasteiger partial charge in [0.05, 0.1) is 13.2 Å². The third kappa shape index (κ3) is 6.04. The van der Waals surface area contributed by atoms with Crippen molar-refractivity contribution in [2.75, 3.05) is 19.8 Å². The van der Waals surface area contributed by atoms with Crippen LogP contribution in [0.5, 0.6) is 0 Å². The molecule has 0 saturated heterocycles. The highest BCUT2D eigenvalue weighted by Gasteiger charge is 2.02. The monoisotopic (exact) mass is 244 g/mol. The number of H-pyrrole nitrogens is 1. The molecule has 0 bridgehead atoms. The van der Waals surface area contributed by atoms with Gasteiger partial charge in [0.15, 0.2) is 5.82 Å². The van der Waals surface area contributed by atoms with E-state index in [1.165, 1.54) is 0 Å². The summed E-state index contributed by atoms with van der Waals surface area (Å²) in [5.74, 6) is -0.686. The van der Waals surface area contributed by atoms with Crippen molar-refractivity contribution in [2.45, 2.75) is 6.54 Å². The van der Waals surface area contributed by atoms with Crippen molar-refractivity contribution in [1.82, 2.24) is 31.3 Å². The van der Waals surface area contributed by atoms with Crippen LogP contribution in [0.4, 0.5) is 4.79 Å². The van der Waals surface area contributed by atoms with E-state index in [0.29, 0.717) is 5.82 Å². The highest BCUT2D eigenvalue weighted by Crippen LogP contribution is 1.81. The first-order chi connectivity index (χ1) is 8.18. The molecular formula is C7H12N6O4. The van der Waals surface area contributed by atoms with Crippen molar-refractivity contribution in [3.8, 4) is 0 Å². The summed E-state index contributed by atoms with van der Waals surface area (Å²) >= 11 is 0. The van der Waals surface area contributed by atoms with Gasteiger partial charge in [-0.1, -0.05) is 5.21 Å². The van der Waals surface area contributed by atoms with Gasteiger partial charge in [-0.25, -0.2) is 9.59 Å². The van der Waals surface area contributed by atoms with E-state index in [2.05, 4.69) is 31.3 Å². The maximum atomic E-state index is 11.2. The van der Waals surface area contributed by atoms with Gasteiger partial charge in [-0.2, -0.15) is 5.21 Å². The minimum atomic E-state index is -1.05. The summed E-state index contributed by atoms with van der Waals surface area (Å²) in [5, 5.41) is 26.0. The zero-order valence-corrected chi connectivity index (χ0v) is 8.84. The molecule has 0 unspecified atom stereocenters. The van der Waals surface area contributed by atoms with Crippen LogP contribution in [0.2, 0.25) is 0 Å². The molecule has 0 aliphatic rings. The Balaban J connectivity index is 2.00. The lowest BCUT2D eigenvalue weighted by Gasteiger charge is -2.05. The normalized spacial score (nSPS) is 9.88. The molecule has 94 valence electrons. The Morgan fingerprint density at radius 1 is 1.41 bits per heavy atom. The summed E-state index contributed by atoms with van der Waals surface area (Å²) in [7, 11) is 0. The summed E-state index contributed by atoms with van der Waals surface area (Å²) in [6.07, 6.45) is 0. The first-order valence-corrected chi connectivity index (χ1v) is 4.72. The molecule has 1 aromatic rings. The molecule has 10 nitrogen and oxygen atoms in total. The molecule has 0 fully saturated rings. The number of hydrogen-bond acceptors (Lipinski definition) is 6. The van der Waals surface area contributed by atoms with Crippen LogP contribution in [-0.2, 0) is 16.1 Å². The molecule has 0 saturated carbocycles. The predicted octanol–water partition coefficient (Wildman–Crippen LogP) is -1.90. The van der Waals surface area contributed by atoms with Crippen molar-refractivity contribution in [2.24, 2.45) is 0 Å². The molecule has 0 aliphatic heterocycles. The molecular weight excluding hydrogens is 232 g/mol. The second kappa shape index (κ2) is 7.11. The van der Waals surface area contributed by atoms with E-state index in [0.717, 1.165) is 0 Å². The number of amides is 2. The van der Waals surface area contributed by atoms with Gasteiger partial charge in [0.25, 0.3) is 0 Å². The smallest absolute Gasteiger partial charge is 0.329 e. The van der Waals surface area contributed by atoms with Gasteiger partial charge < -0.3 is 20.5 Å². The summed E-state index contributed by atoms with van der Waals surface area (Å²) in [6.45, 7) is 0.109. The lowest BCUT2D eigenvalue weighted by molar-refractivity contribution is -0.142. The van der Waals surface area contributed by atoms with Crippen LogP contribution in [-0.4, -0.2) is 57.5 Å². The summed E-state index contributed by atoms with van der Waals surface area (Å²) in [5.41, 5.74) is 0. The molecule has 1 heterocycles. The zero-order chi connectivity index (χ0) is 12.5. The number of tetrazole rings is 1. The Labute approximate surface area is 95.7 Å². The number of ether oxygens (including phenoxy) is 1. The van der Waals surface area contributed by atoms with Gasteiger partial charge in [-0.15, -0.1) is 10.2 Å². The molecule has 4 N–H and O–H groups in total. The fourth-order valence-corrected chi connectivity index (χ4v) is 0.875. The molecule has 1 rings (SSSR count). The fraction of sp³-hybridized carbons (Fsp3) is 0.571. The third-order valence-corrected chi connectivity index (χ3v) is 1.55. The predicted molar refractivity (Wildman–Crippen MR) is 52.9 cm³/mol. The van der Waals surface area contributed by atoms with Gasteiger partial charge >= 0.3 is 12.0 Å². The SMILES string of the molecule is O=C(O)COCCNC(=O)NCc1nn[nH]n1. The number of carbonyl (C=O) groups is 2. The van der Waals surface area contributed by atoms with Crippen LogP contribution in [0.3, 0.4) is 0 Å². The highest BCUT2D eigenvalue weighted by atomic mass is 16.5. The minimum absolute atomic E-state index is 0.127. The number of hydrogen-bond donors (Lipinski definition) is 4. The van der Waals surface area contributed by atoms with E-state index in [4.69, 9.17) is 9.84 Å². The van der Waals surface area contributed by atoms with Crippen molar-refractivity contribution in [3.63, 3.8) is 0 Å². The molecule has 17 heavy (non-hydrogen) atoms. The van der Waals surface area contributed by atoms with E-state index in [1.54, 1.807) is 0 Å². The fourth-order valence-electron chi connectivity index (χ4n) is 0.875. The quantitative estimate of drug-likeness (QED) is 0.410. The number of aliphatic carboxylic acids is 1. The maximum Gasteiger partial charge on any atom is 0.329 e. The lowest BCUT2D eigenvalue weighted by Crippen LogP contribution is -2.37. The van der Waals surface area contributed by atoms with Gasteiger partial charge in [0.2, 0.25) is 0 Å². The highest BCUT2D eigenvalue weighted by molar-refractivity contribution is 5.73. The topological polar surface area (TPSA) is 142 Å². The number of carboxylic acid groups (broad SMARTS) is 1. The van der Waals surface area contributed by atoms with Crippen LogP contribution < -0.4 is 10.6 Å². The van der Waals surface area contributed by atoms with Crippen molar-refractivity contribution >= 4 is 12.0 Å². The van der Waals surface area contributed by atoms with Crippen molar-refractivity contribution in [3.05, 3.63) is 5.82 Å². The summed E-state index contributed by atoms with van der Waals surface area (Å²) in [4.78, 5) is 21.2. The molecule has 0 spiro atoms. The molecule has 1 aromatic heterocycles. The molecule has 0 aliphatic carbocycles.